The number of rotatable bonds is 8. The minimum absolute atomic E-state index is 0.337. The molecule has 144 valence electrons. The lowest BCUT2D eigenvalue weighted by molar-refractivity contribution is -0.141. The topological polar surface area (TPSA) is 94.5 Å². The number of aryl methyl sites for hydroxylation is 1. The molecule has 1 heterocycles. The zero-order valence-corrected chi connectivity index (χ0v) is 16.2. The van der Waals surface area contributed by atoms with Crippen LogP contribution in [0.25, 0.3) is 6.08 Å². The maximum absolute atomic E-state index is 12.2. The van der Waals surface area contributed by atoms with Crippen LogP contribution in [0, 0.1) is 13.8 Å². The molecule has 2 rings (SSSR count). The minimum Gasteiger partial charge on any atom is -0.456 e. The first kappa shape index (κ1) is 20.6. The highest BCUT2D eigenvalue weighted by atomic mass is 32.2. The van der Waals surface area contributed by atoms with E-state index in [9.17, 15) is 18.0 Å². The Morgan fingerprint density at radius 2 is 1.85 bits per heavy atom. The Bertz CT molecular complexity index is 959. The zero-order chi connectivity index (χ0) is 20.0. The van der Waals surface area contributed by atoms with Gasteiger partial charge in [-0.05, 0) is 31.6 Å². The molecule has 27 heavy (non-hydrogen) atoms. The van der Waals surface area contributed by atoms with E-state index in [1.54, 1.807) is 37.3 Å². The molecule has 0 aliphatic rings. The third-order valence-electron chi connectivity index (χ3n) is 4.10. The molecule has 7 nitrogen and oxygen atoms in total. The third-order valence-corrected chi connectivity index (χ3v) is 5.14. The smallest absolute Gasteiger partial charge is 0.321 e. The lowest BCUT2D eigenvalue weighted by Crippen LogP contribution is -2.30. The molecular formula is C19H22N2O5S. The van der Waals surface area contributed by atoms with Crippen molar-refractivity contribution in [1.29, 1.82) is 0 Å². The van der Waals surface area contributed by atoms with Crippen molar-refractivity contribution in [2.75, 3.05) is 13.2 Å². The van der Waals surface area contributed by atoms with Crippen molar-refractivity contribution in [1.82, 2.24) is 9.29 Å². The van der Waals surface area contributed by atoms with E-state index in [1.165, 1.54) is 6.08 Å². The Morgan fingerprint density at radius 1 is 1.19 bits per heavy atom. The molecule has 1 aromatic heterocycles. The highest BCUT2D eigenvalue weighted by molar-refractivity contribution is 7.92. The van der Waals surface area contributed by atoms with E-state index in [1.807, 2.05) is 24.6 Å². The number of benzene rings is 1. The minimum atomic E-state index is -3.79. The third kappa shape index (κ3) is 5.90. The van der Waals surface area contributed by atoms with Gasteiger partial charge in [0.05, 0.1) is 0 Å². The van der Waals surface area contributed by atoms with E-state index in [0.29, 0.717) is 11.1 Å². The maximum atomic E-state index is 12.2. The van der Waals surface area contributed by atoms with E-state index in [-0.39, 0.29) is 5.78 Å². The summed E-state index contributed by atoms with van der Waals surface area (Å²) in [5.41, 5.74) is 2.89. The Labute approximate surface area is 158 Å². The second kappa shape index (κ2) is 8.79. The van der Waals surface area contributed by atoms with Crippen molar-refractivity contribution in [2.24, 2.45) is 7.05 Å². The summed E-state index contributed by atoms with van der Waals surface area (Å²) < 4.78 is 32.6. The molecule has 1 aromatic carbocycles. The van der Waals surface area contributed by atoms with E-state index in [0.717, 1.165) is 16.8 Å². The number of Topliss-reactive ketones (excluding diaryl/α,β-unsaturated/α-hetero) is 1. The Balaban J connectivity index is 1.84. The second-order valence-electron chi connectivity index (χ2n) is 6.01. The van der Waals surface area contributed by atoms with Gasteiger partial charge in [0.1, 0.15) is 6.54 Å². The Hall–Kier alpha value is -2.71. The molecule has 0 saturated heterocycles. The Kier molecular flexibility index (Phi) is 6.70. The van der Waals surface area contributed by atoms with Gasteiger partial charge in [0.25, 0.3) is 0 Å². The van der Waals surface area contributed by atoms with Gasteiger partial charge in [-0.2, -0.15) is 0 Å². The molecule has 0 saturated carbocycles. The normalized spacial score (nSPS) is 11.7. The summed E-state index contributed by atoms with van der Waals surface area (Å²) in [7, 11) is -1.96. The van der Waals surface area contributed by atoms with E-state index in [2.05, 4.69) is 4.72 Å². The van der Waals surface area contributed by atoms with Gasteiger partial charge in [-0.15, -0.1) is 0 Å². The predicted molar refractivity (Wildman–Crippen MR) is 103 cm³/mol. The average molecular weight is 390 g/mol. The molecule has 0 fully saturated rings. The lowest BCUT2D eigenvalue weighted by Gasteiger charge is -2.05. The van der Waals surface area contributed by atoms with Gasteiger partial charge >= 0.3 is 5.97 Å². The number of ether oxygens (including phenoxy) is 1. The van der Waals surface area contributed by atoms with Crippen LogP contribution < -0.4 is 4.72 Å². The van der Waals surface area contributed by atoms with Crippen molar-refractivity contribution in [3.8, 4) is 0 Å². The van der Waals surface area contributed by atoms with Crippen molar-refractivity contribution in [3.05, 3.63) is 64.3 Å². The van der Waals surface area contributed by atoms with Gasteiger partial charge < -0.3 is 9.30 Å². The van der Waals surface area contributed by atoms with Gasteiger partial charge in [0.2, 0.25) is 15.8 Å². The number of hydrogen-bond donors (Lipinski definition) is 1. The number of ketones is 1. The van der Waals surface area contributed by atoms with Crippen molar-refractivity contribution in [3.63, 3.8) is 0 Å². The summed E-state index contributed by atoms with van der Waals surface area (Å²) in [5, 5.41) is 0.969. The molecule has 0 bridgehead atoms. The van der Waals surface area contributed by atoms with Crippen LogP contribution >= 0.6 is 0 Å². The first-order chi connectivity index (χ1) is 12.7. The number of nitrogens with zero attached hydrogens (tertiary/aromatic N) is 1. The number of esters is 1. The first-order valence-corrected chi connectivity index (χ1v) is 9.79. The van der Waals surface area contributed by atoms with Crippen LogP contribution in [0.3, 0.4) is 0 Å². The van der Waals surface area contributed by atoms with E-state index in [4.69, 9.17) is 4.74 Å². The summed E-state index contributed by atoms with van der Waals surface area (Å²) in [4.78, 5) is 23.9. The van der Waals surface area contributed by atoms with Crippen LogP contribution in [-0.2, 0) is 26.6 Å². The summed E-state index contributed by atoms with van der Waals surface area (Å²) >= 11 is 0. The summed E-state index contributed by atoms with van der Waals surface area (Å²) in [5.74, 6) is -1.17. The quantitative estimate of drug-likeness (QED) is 0.549. The molecule has 0 spiro atoms. The summed E-state index contributed by atoms with van der Waals surface area (Å²) in [6.45, 7) is 2.68. The molecule has 8 heteroatoms. The number of carbonyl (C=O) groups excluding carboxylic acids is 2. The monoisotopic (exact) mass is 390 g/mol. The average Bonchev–Trinajstić information content (AvgIpc) is 2.91. The fraction of sp³-hybridized carbons (Fsp3) is 0.263. The Morgan fingerprint density at radius 3 is 2.44 bits per heavy atom. The highest BCUT2D eigenvalue weighted by Crippen LogP contribution is 2.14. The van der Waals surface area contributed by atoms with Gasteiger partial charge in [-0.3, -0.25) is 9.59 Å². The molecule has 0 radical (unpaired) electrons. The van der Waals surface area contributed by atoms with Gasteiger partial charge in [0.15, 0.2) is 6.61 Å². The molecule has 0 unspecified atom stereocenters. The van der Waals surface area contributed by atoms with E-state index < -0.39 is 29.1 Å². The van der Waals surface area contributed by atoms with E-state index >= 15 is 0 Å². The fourth-order valence-corrected chi connectivity index (χ4v) is 3.10. The van der Waals surface area contributed by atoms with Gasteiger partial charge in [0, 0.05) is 29.4 Å². The number of aromatic nitrogens is 1. The van der Waals surface area contributed by atoms with Crippen LogP contribution in [0.15, 0.2) is 41.8 Å². The molecule has 2 aromatic rings. The van der Waals surface area contributed by atoms with Crippen molar-refractivity contribution < 1.29 is 22.7 Å². The largest absolute Gasteiger partial charge is 0.456 e. The van der Waals surface area contributed by atoms with Crippen LogP contribution in [0.1, 0.15) is 27.3 Å². The number of carbonyl (C=O) groups is 2. The van der Waals surface area contributed by atoms with Crippen LogP contribution in [0.4, 0.5) is 0 Å². The lowest BCUT2D eigenvalue weighted by atomic mass is 10.1. The highest BCUT2D eigenvalue weighted by Gasteiger charge is 2.16. The summed E-state index contributed by atoms with van der Waals surface area (Å²) in [6.07, 6.45) is 1.41. The SMILES string of the molecule is Cc1cc(C(=O)COC(=O)CNS(=O)(=O)/C=C/c2ccccc2)c(C)n1C. The van der Waals surface area contributed by atoms with Crippen molar-refractivity contribution in [2.45, 2.75) is 13.8 Å². The van der Waals surface area contributed by atoms with Gasteiger partial charge in [-0.25, -0.2) is 13.1 Å². The summed E-state index contributed by atoms with van der Waals surface area (Å²) in [6, 6.07) is 10.6. The van der Waals surface area contributed by atoms with Crippen molar-refractivity contribution >= 4 is 27.9 Å². The predicted octanol–water partition coefficient (Wildman–Crippen LogP) is 1.96. The van der Waals surface area contributed by atoms with Crippen LogP contribution in [-0.4, -0.2) is 37.9 Å². The molecule has 0 amide bonds. The molecule has 1 N–H and O–H groups in total. The molecular weight excluding hydrogens is 368 g/mol. The second-order valence-corrected chi connectivity index (χ2v) is 7.66. The number of hydrogen-bond acceptors (Lipinski definition) is 5. The van der Waals surface area contributed by atoms with Crippen LogP contribution in [0.2, 0.25) is 0 Å². The molecule has 0 atom stereocenters. The number of sulfonamides is 1. The maximum Gasteiger partial charge on any atom is 0.321 e. The van der Waals surface area contributed by atoms with Crippen LogP contribution in [0.5, 0.6) is 0 Å². The molecule has 0 aliphatic carbocycles. The van der Waals surface area contributed by atoms with Gasteiger partial charge in [-0.1, -0.05) is 30.3 Å². The fourth-order valence-electron chi connectivity index (χ4n) is 2.35. The first-order valence-electron chi connectivity index (χ1n) is 8.24. The zero-order valence-electron chi connectivity index (χ0n) is 15.4. The molecule has 0 aliphatic heterocycles. The number of nitrogens with one attached hydrogen (secondary N) is 1. The standard InChI is InChI=1S/C19H22N2O5S/c1-14-11-17(15(2)21(14)3)18(22)13-26-19(23)12-20-27(24,25)10-9-16-7-5-4-6-8-16/h4-11,20H,12-13H2,1-3H3/b10-9+.